The van der Waals surface area contributed by atoms with Crippen molar-refractivity contribution in [3.63, 3.8) is 0 Å². The number of alkyl halides is 6. The van der Waals surface area contributed by atoms with E-state index < -0.39 is 28.3 Å². The molecule has 0 bridgehead atoms. The van der Waals surface area contributed by atoms with Gasteiger partial charge in [-0.05, 0) is 53.8 Å². The fraction of sp³-hybridized carbons (Fsp3) is 0.240. The summed E-state index contributed by atoms with van der Waals surface area (Å²) in [6.45, 7) is -1.36. The third-order valence-corrected chi connectivity index (χ3v) is 7.24. The van der Waals surface area contributed by atoms with E-state index in [0.717, 1.165) is 12.0 Å². The molecule has 13 heteroatoms. The molecule has 0 saturated heterocycles. The highest BCUT2D eigenvalue weighted by molar-refractivity contribution is 7.93. The average Bonchev–Trinajstić information content (AvgIpc) is 3.53. The maximum Gasteiger partial charge on any atom is 0.516 e. The number of anilines is 1. The lowest BCUT2D eigenvalue weighted by Gasteiger charge is -2.14. The number of hydrogen-bond donors (Lipinski definition) is 2. The van der Waals surface area contributed by atoms with Crippen molar-refractivity contribution < 1.29 is 39.5 Å². The van der Waals surface area contributed by atoms with E-state index in [1.165, 1.54) is 30.3 Å². The van der Waals surface area contributed by atoms with Crippen LogP contribution in [0.1, 0.15) is 29.6 Å². The van der Waals surface area contributed by atoms with Crippen molar-refractivity contribution in [2.24, 2.45) is 0 Å². The van der Waals surface area contributed by atoms with Gasteiger partial charge in [0.2, 0.25) is 0 Å². The minimum atomic E-state index is -5.60. The monoisotopic (exact) mass is 555 g/mol. The van der Waals surface area contributed by atoms with Gasteiger partial charge in [0.25, 0.3) is 0 Å². The zero-order valence-corrected chi connectivity index (χ0v) is 20.1. The minimum Gasteiger partial charge on any atom is -0.484 e. The first kappa shape index (κ1) is 25.9. The summed E-state index contributed by atoms with van der Waals surface area (Å²) < 4.78 is 105. The van der Waals surface area contributed by atoms with Gasteiger partial charge in [-0.15, -0.1) is 0 Å². The number of nitrogens with zero attached hydrogens (tertiary/aromatic N) is 1. The molecule has 3 aromatic carbocycles. The fourth-order valence-corrected chi connectivity index (χ4v) is 4.82. The number of H-pyrrole nitrogens is 1. The molecule has 1 heterocycles. The van der Waals surface area contributed by atoms with E-state index in [1.54, 1.807) is 41.1 Å². The quantitative estimate of drug-likeness (QED) is 0.249. The molecular formula is C25H19F6N3O3S. The Labute approximate surface area is 212 Å². The maximum atomic E-state index is 12.9. The Hall–Kier alpha value is -3.74. The molecule has 2 N–H and O–H groups in total. The van der Waals surface area contributed by atoms with Gasteiger partial charge in [0.15, 0.2) is 6.61 Å². The highest BCUT2D eigenvalue weighted by Crippen LogP contribution is 2.54. The van der Waals surface area contributed by atoms with Gasteiger partial charge < -0.3 is 9.72 Å². The lowest BCUT2D eigenvalue weighted by Crippen LogP contribution is -2.30. The molecule has 200 valence electrons. The topological polar surface area (TPSA) is 84.1 Å². The number of sulfonamides is 1. The fourth-order valence-electron chi connectivity index (χ4n) is 4.24. The lowest BCUT2D eigenvalue weighted by atomic mass is 10.0. The predicted molar refractivity (Wildman–Crippen MR) is 128 cm³/mol. The van der Waals surface area contributed by atoms with Gasteiger partial charge in [-0.1, -0.05) is 36.4 Å². The number of nitrogens with one attached hydrogen (secondary N) is 2. The average molecular weight is 556 g/mol. The van der Waals surface area contributed by atoms with Crippen molar-refractivity contribution in [3.05, 3.63) is 78.1 Å². The van der Waals surface area contributed by atoms with Gasteiger partial charge in [0, 0.05) is 11.5 Å². The molecule has 1 aliphatic carbocycles. The number of para-hydroxylation sites is 1. The molecule has 1 fully saturated rings. The molecule has 1 aromatic heterocycles. The number of ether oxygens (including phenoxy) is 1. The first-order chi connectivity index (χ1) is 17.8. The Morgan fingerprint density at radius 3 is 2.34 bits per heavy atom. The summed E-state index contributed by atoms with van der Waals surface area (Å²) in [5.41, 5.74) is -2.78. The van der Waals surface area contributed by atoms with Crippen LogP contribution in [-0.2, 0) is 10.0 Å². The molecule has 0 amide bonds. The summed E-state index contributed by atoms with van der Waals surface area (Å²) in [4.78, 5) is 7.87. The van der Waals surface area contributed by atoms with Crippen LogP contribution in [0.25, 0.3) is 22.2 Å². The van der Waals surface area contributed by atoms with Crippen LogP contribution in [0.15, 0.2) is 66.7 Å². The zero-order valence-electron chi connectivity index (χ0n) is 19.3. The number of hydrogen-bond acceptors (Lipinski definition) is 4. The van der Waals surface area contributed by atoms with E-state index in [4.69, 9.17) is 4.74 Å². The molecule has 5 rings (SSSR count). The van der Waals surface area contributed by atoms with Crippen molar-refractivity contribution in [2.45, 2.75) is 29.9 Å². The van der Waals surface area contributed by atoms with E-state index in [-0.39, 0.29) is 28.8 Å². The second-order valence-corrected chi connectivity index (χ2v) is 10.5. The van der Waals surface area contributed by atoms with Crippen LogP contribution in [0.4, 0.5) is 32.0 Å². The number of benzene rings is 3. The van der Waals surface area contributed by atoms with E-state index in [2.05, 4.69) is 9.97 Å². The number of imidazole rings is 1. The Morgan fingerprint density at radius 1 is 0.947 bits per heavy atom. The van der Waals surface area contributed by atoms with E-state index in [9.17, 15) is 34.8 Å². The molecular weight excluding hydrogens is 536 g/mol. The van der Waals surface area contributed by atoms with Gasteiger partial charge in [-0.25, -0.2) is 4.98 Å². The molecule has 1 saturated carbocycles. The van der Waals surface area contributed by atoms with Gasteiger partial charge in [0.05, 0.1) is 16.7 Å². The number of aromatic nitrogens is 2. The van der Waals surface area contributed by atoms with Crippen molar-refractivity contribution in [1.29, 1.82) is 0 Å². The maximum absolute atomic E-state index is 12.9. The van der Waals surface area contributed by atoms with Crippen molar-refractivity contribution in [1.82, 2.24) is 9.97 Å². The standard InChI is InChI=1S/C25H19F6N3O3S/c26-24(27,28)13-37-16-8-5-14(6-9-16)18-12-19(18)23-32-21-10-7-15(11-22(21)33-23)17-3-1-2-4-20(17)34-38(35,36)25(29,30)31/h1-11,18-19,34H,12-13H2,(H,32,33). The van der Waals surface area contributed by atoms with Crippen LogP contribution in [0.2, 0.25) is 0 Å². The number of halogens is 6. The summed E-state index contributed by atoms with van der Waals surface area (Å²) >= 11 is 0. The third kappa shape index (κ3) is 5.42. The summed E-state index contributed by atoms with van der Waals surface area (Å²) in [5.74, 6) is 0.992. The first-order valence-electron chi connectivity index (χ1n) is 11.3. The summed E-state index contributed by atoms with van der Waals surface area (Å²) in [6.07, 6.45) is -3.64. The molecule has 38 heavy (non-hydrogen) atoms. The van der Waals surface area contributed by atoms with Crippen LogP contribution >= 0.6 is 0 Å². The smallest absolute Gasteiger partial charge is 0.484 e. The molecule has 6 nitrogen and oxygen atoms in total. The molecule has 0 radical (unpaired) electrons. The van der Waals surface area contributed by atoms with Gasteiger partial charge in [-0.2, -0.15) is 34.8 Å². The van der Waals surface area contributed by atoms with Gasteiger partial charge in [-0.3, -0.25) is 4.72 Å². The number of fused-ring (bicyclic) bond motifs is 1. The Kier molecular flexibility index (Phi) is 6.28. The van der Waals surface area contributed by atoms with Gasteiger partial charge in [0.1, 0.15) is 11.6 Å². The molecule has 0 spiro atoms. The molecule has 0 aliphatic heterocycles. The lowest BCUT2D eigenvalue weighted by molar-refractivity contribution is -0.153. The van der Waals surface area contributed by atoms with E-state index in [1.807, 2.05) is 0 Å². The molecule has 1 aliphatic rings. The largest absolute Gasteiger partial charge is 0.516 e. The van der Waals surface area contributed by atoms with Crippen LogP contribution in [-0.4, -0.2) is 36.7 Å². The SMILES string of the molecule is O=S(=O)(Nc1ccccc1-c1ccc2[nH]c(C3CC3c3ccc(OCC(F)(F)F)cc3)nc2c1)C(F)(F)F. The number of aromatic amines is 1. The predicted octanol–water partition coefficient (Wildman–Crippen LogP) is 6.70. The summed E-state index contributed by atoms with van der Waals surface area (Å²) in [7, 11) is -5.60. The molecule has 2 unspecified atom stereocenters. The van der Waals surface area contributed by atoms with Crippen LogP contribution in [0, 0.1) is 0 Å². The third-order valence-electron chi connectivity index (χ3n) is 6.14. The van der Waals surface area contributed by atoms with Crippen LogP contribution < -0.4 is 9.46 Å². The van der Waals surface area contributed by atoms with E-state index >= 15 is 0 Å². The summed E-state index contributed by atoms with van der Waals surface area (Å²) in [5, 5.41) is 0. The van der Waals surface area contributed by atoms with E-state index in [0.29, 0.717) is 22.4 Å². The highest BCUT2D eigenvalue weighted by Gasteiger charge is 2.46. The van der Waals surface area contributed by atoms with Crippen molar-refractivity contribution >= 4 is 26.7 Å². The van der Waals surface area contributed by atoms with Crippen molar-refractivity contribution in [2.75, 3.05) is 11.3 Å². The highest BCUT2D eigenvalue weighted by atomic mass is 32.2. The minimum absolute atomic E-state index is 0.0543. The summed E-state index contributed by atoms with van der Waals surface area (Å²) in [6, 6.07) is 17.2. The normalized spacial score (nSPS) is 17.9. The van der Waals surface area contributed by atoms with Gasteiger partial charge >= 0.3 is 21.7 Å². The first-order valence-corrected chi connectivity index (χ1v) is 12.8. The number of rotatable bonds is 7. The Balaban J connectivity index is 1.34. The van der Waals surface area contributed by atoms with Crippen LogP contribution in [0.5, 0.6) is 5.75 Å². The second-order valence-electron chi connectivity index (χ2n) is 8.87. The zero-order chi connectivity index (χ0) is 27.3. The Bertz CT molecular complexity index is 1580. The molecule has 4 aromatic rings. The second kappa shape index (κ2) is 9.22. The Morgan fingerprint density at radius 2 is 1.66 bits per heavy atom. The van der Waals surface area contributed by atoms with Crippen LogP contribution in [0.3, 0.4) is 0 Å². The molecule has 2 atom stereocenters. The van der Waals surface area contributed by atoms with Crippen molar-refractivity contribution in [3.8, 4) is 16.9 Å².